The smallest absolute Gasteiger partial charge is 0.338 e. The zero-order valence-electron chi connectivity index (χ0n) is 17.8. The average Bonchev–Trinajstić information content (AvgIpc) is 3.77. The topological polar surface area (TPSA) is 87.2 Å². The highest BCUT2D eigenvalue weighted by molar-refractivity contribution is 5.95. The second-order valence-electron chi connectivity index (χ2n) is 8.88. The summed E-state index contributed by atoms with van der Waals surface area (Å²) in [6.45, 7) is 1.78. The highest BCUT2D eigenvalue weighted by atomic mass is 16.5. The molecule has 0 atom stereocenters. The van der Waals surface area contributed by atoms with Gasteiger partial charge in [-0.15, -0.1) is 0 Å². The summed E-state index contributed by atoms with van der Waals surface area (Å²) in [5.74, 6) is -0.583. The van der Waals surface area contributed by atoms with Crippen molar-refractivity contribution < 1.29 is 24.2 Å². The summed E-state index contributed by atoms with van der Waals surface area (Å²) in [4.78, 5) is 40.8. The van der Waals surface area contributed by atoms with Crippen LogP contribution in [0.15, 0.2) is 48.5 Å². The molecule has 7 heteroatoms. The molecule has 0 unspecified atom stereocenters. The van der Waals surface area contributed by atoms with E-state index in [2.05, 4.69) is 0 Å². The highest BCUT2D eigenvalue weighted by Crippen LogP contribution is 2.37. The summed E-state index contributed by atoms with van der Waals surface area (Å²) in [5.41, 5.74) is 1.75. The molecule has 2 saturated carbocycles. The number of esters is 1. The molecular formula is C25H26N2O5. The first-order valence-electron chi connectivity index (χ1n) is 11.2. The van der Waals surface area contributed by atoms with Gasteiger partial charge in [0.1, 0.15) is 11.7 Å². The second kappa shape index (κ2) is 8.06. The number of carbonyl (C=O) groups is 3. The van der Waals surface area contributed by atoms with Gasteiger partial charge in [-0.25, -0.2) is 4.79 Å². The largest absolute Gasteiger partial charge is 0.459 e. The van der Waals surface area contributed by atoms with Crippen LogP contribution in [0.1, 0.15) is 46.4 Å². The summed E-state index contributed by atoms with van der Waals surface area (Å²) < 4.78 is 5.37. The normalized spacial score (nSPS) is 19.4. The molecule has 2 amide bonds. The highest BCUT2D eigenvalue weighted by Gasteiger charge is 2.50. The number of hydrogen-bond donors (Lipinski definition) is 1. The summed E-state index contributed by atoms with van der Waals surface area (Å²) >= 11 is 0. The first-order chi connectivity index (χ1) is 15.4. The quantitative estimate of drug-likeness (QED) is 0.731. The van der Waals surface area contributed by atoms with Gasteiger partial charge in [-0.05, 0) is 61.1 Å². The first-order valence-corrected chi connectivity index (χ1v) is 11.2. The van der Waals surface area contributed by atoms with E-state index in [0.29, 0.717) is 50.1 Å². The fourth-order valence-electron chi connectivity index (χ4n) is 3.96. The van der Waals surface area contributed by atoms with E-state index in [1.807, 2.05) is 30.3 Å². The molecule has 2 aliphatic carbocycles. The van der Waals surface area contributed by atoms with Gasteiger partial charge in [-0.2, -0.15) is 0 Å². The van der Waals surface area contributed by atoms with E-state index in [4.69, 9.17) is 4.74 Å². The Labute approximate surface area is 186 Å². The monoisotopic (exact) mass is 434 g/mol. The molecular weight excluding hydrogens is 408 g/mol. The van der Waals surface area contributed by atoms with Crippen molar-refractivity contribution >= 4 is 17.8 Å². The van der Waals surface area contributed by atoms with Gasteiger partial charge in [0.2, 0.25) is 0 Å². The molecule has 0 radical (unpaired) electrons. The molecule has 1 aliphatic heterocycles. The predicted molar refractivity (Wildman–Crippen MR) is 117 cm³/mol. The third-order valence-electron chi connectivity index (χ3n) is 6.34. The minimum Gasteiger partial charge on any atom is -0.459 e. The van der Waals surface area contributed by atoms with Crippen LogP contribution in [-0.4, -0.2) is 70.6 Å². The Morgan fingerprint density at radius 3 is 2.12 bits per heavy atom. The zero-order valence-corrected chi connectivity index (χ0v) is 17.8. The second-order valence-corrected chi connectivity index (χ2v) is 8.88. The number of rotatable bonds is 5. The van der Waals surface area contributed by atoms with Crippen LogP contribution in [0.5, 0.6) is 0 Å². The van der Waals surface area contributed by atoms with Crippen molar-refractivity contribution in [2.24, 2.45) is 0 Å². The molecule has 2 aromatic rings. The number of hydrogen-bond acceptors (Lipinski definition) is 5. The minimum absolute atomic E-state index is 0.0647. The van der Waals surface area contributed by atoms with Crippen molar-refractivity contribution in [1.29, 1.82) is 0 Å². The number of ether oxygens (including phenoxy) is 1. The third-order valence-corrected chi connectivity index (χ3v) is 6.34. The average molecular weight is 434 g/mol. The fourth-order valence-corrected chi connectivity index (χ4v) is 3.96. The van der Waals surface area contributed by atoms with Crippen molar-refractivity contribution in [3.8, 4) is 11.1 Å². The molecule has 0 bridgehead atoms. The number of piperazine rings is 1. The number of benzene rings is 2. The molecule has 1 N–H and O–H groups in total. The van der Waals surface area contributed by atoms with E-state index in [1.54, 1.807) is 28.0 Å². The van der Waals surface area contributed by atoms with Crippen LogP contribution in [0, 0.1) is 0 Å². The van der Waals surface area contributed by atoms with Crippen LogP contribution < -0.4 is 0 Å². The zero-order chi connectivity index (χ0) is 22.3. The number of amides is 2. The summed E-state index contributed by atoms with van der Waals surface area (Å²) in [7, 11) is 0. The Balaban J connectivity index is 1.21. The van der Waals surface area contributed by atoms with Gasteiger partial charge in [0.25, 0.3) is 11.8 Å². The predicted octanol–water partition coefficient (Wildman–Crippen LogP) is 2.48. The Hall–Kier alpha value is -3.19. The van der Waals surface area contributed by atoms with Crippen molar-refractivity contribution in [3.05, 3.63) is 59.7 Å². The Kier molecular flexibility index (Phi) is 5.21. The maximum absolute atomic E-state index is 12.9. The summed E-state index contributed by atoms with van der Waals surface area (Å²) in [6.07, 6.45) is 3.00. The molecule has 166 valence electrons. The van der Waals surface area contributed by atoms with Gasteiger partial charge >= 0.3 is 5.97 Å². The van der Waals surface area contributed by atoms with Gasteiger partial charge in [0, 0.05) is 31.7 Å². The molecule has 5 rings (SSSR count). The molecule has 1 saturated heterocycles. The number of carbonyl (C=O) groups excluding carboxylic acids is 3. The molecule has 0 aromatic heterocycles. The van der Waals surface area contributed by atoms with Crippen LogP contribution in [0.3, 0.4) is 0 Å². The van der Waals surface area contributed by atoms with E-state index in [-0.39, 0.29) is 23.9 Å². The van der Waals surface area contributed by atoms with Gasteiger partial charge < -0.3 is 19.6 Å². The third kappa shape index (κ3) is 4.25. The lowest BCUT2D eigenvalue weighted by Gasteiger charge is -2.35. The maximum Gasteiger partial charge on any atom is 0.338 e. The van der Waals surface area contributed by atoms with E-state index in [9.17, 15) is 19.5 Å². The van der Waals surface area contributed by atoms with Gasteiger partial charge in [0.05, 0.1) is 5.56 Å². The van der Waals surface area contributed by atoms with Crippen molar-refractivity contribution in [2.45, 2.75) is 37.4 Å². The molecule has 3 aliphatic rings. The number of aliphatic hydroxyl groups is 1. The van der Waals surface area contributed by atoms with Gasteiger partial charge in [0.15, 0.2) is 0 Å². The van der Waals surface area contributed by atoms with E-state index in [1.165, 1.54) is 0 Å². The molecule has 2 aromatic carbocycles. The van der Waals surface area contributed by atoms with Crippen molar-refractivity contribution in [3.63, 3.8) is 0 Å². The Morgan fingerprint density at radius 1 is 0.844 bits per heavy atom. The summed E-state index contributed by atoms with van der Waals surface area (Å²) in [6, 6.07) is 14.6. The molecule has 3 fully saturated rings. The Bertz CT molecular complexity index is 1050. The lowest BCUT2D eigenvalue weighted by molar-refractivity contribution is -0.143. The number of nitrogens with zero attached hydrogens (tertiary/aromatic N) is 2. The maximum atomic E-state index is 12.9. The standard InChI is InChI=1S/C25H26N2O5/c28-22(26-12-14-27(15-13-26)24(30)25(31)10-11-25)18-6-4-17(5-7-18)19-2-1-3-20(16-19)23(29)32-21-8-9-21/h1-7,16,21,31H,8-15H2. The van der Waals surface area contributed by atoms with Crippen LogP contribution in [0.25, 0.3) is 11.1 Å². The van der Waals surface area contributed by atoms with Crippen molar-refractivity contribution in [2.75, 3.05) is 26.2 Å². The molecule has 32 heavy (non-hydrogen) atoms. The molecule has 0 spiro atoms. The first kappa shape index (κ1) is 20.7. The van der Waals surface area contributed by atoms with Crippen LogP contribution in [0.2, 0.25) is 0 Å². The van der Waals surface area contributed by atoms with E-state index < -0.39 is 5.60 Å². The van der Waals surface area contributed by atoms with Crippen LogP contribution in [-0.2, 0) is 9.53 Å². The van der Waals surface area contributed by atoms with E-state index in [0.717, 1.165) is 24.0 Å². The van der Waals surface area contributed by atoms with Gasteiger partial charge in [-0.1, -0.05) is 24.3 Å². The van der Waals surface area contributed by atoms with E-state index >= 15 is 0 Å². The van der Waals surface area contributed by atoms with Crippen molar-refractivity contribution in [1.82, 2.24) is 9.80 Å². The lowest BCUT2D eigenvalue weighted by atomic mass is 10.0. The molecule has 1 heterocycles. The lowest BCUT2D eigenvalue weighted by Crippen LogP contribution is -2.53. The van der Waals surface area contributed by atoms with Crippen LogP contribution >= 0.6 is 0 Å². The van der Waals surface area contributed by atoms with Crippen LogP contribution in [0.4, 0.5) is 0 Å². The summed E-state index contributed by atoms with van der Waals surface area (Å²) in [5, 5.41) is 10.0. The molecule has 7 nitrogen and oxygen atoms in total. The Morgan fingerprint density at radius 2 is 1.50 bits per heavy atom. The SMILES string of the molecule is O=C(OC1CC1)c1cccc(-c2ccc(C(=O)N3CCN(C(=O)C4(O)CC4)CC3)cc2)c1. The van der Waals surface area contributed by atoms with Gasteiger partial charge in [-0.3, -0.25) is 9.59 Å². The fraction of sp³-hybridized carbons (Fsp3) is 0.400. The minimum atomic E-state index is -1.16.